The van der Waals surface area contributed by atoms with E-state index >= 15 is 0 Å². The van der Waals surface area contributed by atoms with Crippen LogP contribution in [0.25, 0.3) is 0 Å². The van der Waals surface area contributed by atoms with E-state index in [-0.39, 0.29) is 5.91 Å². The zero-order chi connectivity index (χ0) is 22.8. The van der Waals surface area contributed by atoms with Gasteiger partial charge in [0.15, 0.2) is 0 Å². The van der Waals surface area contributed by atoms with Crippen LogP contribution in [0.2, 0.25) is 0 Å². The van der Waals surface area contributed by atoms with Gasteiger partial charge in [0.25, 0.3) is 5.91 Å². The van der Waals surface area contributed by atoms with Crippen LogP contribution in [0.5, 0.6) is 5.75 Å². The average Bonchev–Trinajstić information content (AvgIpc) is 2.87. The number of alkyl halides is 2. The Hall–Kier alpha value is -2.69. The second kappa shape index (κ2) is 9.28. The molecule has 0 radical (unpaired) electrons. The molecule has 33 heavy (non-hydrogen) atoms. The summed E-state index contributed by atoms with van der Waals surface area (Å²) in [4.78, 5) is 17.5. The van der Waals surface area contributed by atoms with Crippen LogP contribution in [-0.2, 0) is 16.8 Å². The van der Waals surface area contributed by atoms with Gasteiger partial charge in [-0.1, -0.05) is 54.6 Å². The predicted octanol–water partition coefficient (Wildman–Crippen LogP) is 5.06. The van der Waals surface area contributed by atoms with Crippen LogP contribution in [0.3, 0.4) is 0 Å². The minimum absolute atomic E-state index is 0.0309. The molecule has 0 bridgehead atoms. The highest BCUT2D eigenvalue weighted by Gasteiger charge is 2.65. The van der Waals surface area contributed by atoms with Gasteiger partial charge in [-0.05, 0) is 47.4 Å². The smallest absolute Gasteiger partial charge is 0.268 e. The molecule has 3 aromatic rings. The van der Waals surface area contributed by atoms with Crippen molar-refractivity contribution in [3.05, 3.63) is 95.6 Å². The molecule has 3 aromatic carbocycles. The Kier molecular flexibility index (Phi) is 6.22. The second-order valence-corrected chi connectivity index (χ2v) is 9.14. The molecular weight excluding hydrogens is 455 g/mol. The van der Waals surface area contributed by atoms with Gasteiger partial charge in [-0.15, -0.1) is 23.2 Å². The Morgan fingerprint density at radius 1 is 0.909 bits per heavy atom. The van der Waals surface area contributed by atoms with Crippen LogP contribution in [0.4, 0.5) is 5.69 Å². The minimum atomic E-state index is -0.649. The van der Waals surface area contributed by atoms with Gasteiger partial charge in [0.2, 0.25) is 6.10 Å². The van der Waals surface area contributed by atoms with Crippen LogP contribution >= 0.6 is 23.2 Å². The number of rotatable bonds is 8. The zero-order valence-corrected chi connectivity index (χ0v) is 19.8. The number of benzene rings is 3. The summed E-state index contributed by atoms with van der Waals surface area (Å²) in [6.45, 7) is 2.13. The topological polar surface area (TPSA) is 32.8 Å². The number of anilines is 1. The molecule has 6 heteroatoms. The van der Waals surface area contributed by atoms with Crippen molar-refractivity contribution in [3.63, 3.8) is 0 Å². The SMILES string of the molecule is O=C1C(Oc2ccccc2)C2(c3ccc(N(CCCl)CCCl)cc3)c3ccccc3CCN12. The standard InChI is InChI=1S/C27H26Cl2N2O2/c28-15-18-30(19-16-29)22-12-10-21(11-13-22)27-24-9-5-4-6-20(24)14-17-31(27)26(32)25(27)33-23-7-2-1-3-8-23/h1-13,25H,14-19H2. The van der Waals surface area contributed by atoms with Gasteiger partial charge in [-0.3, -0.25) is 4.79 Å². The Morgan fingerprint density at radius 2 is 1.58 bits per heavy atom. The first kappa shape index (κ1) is 22.1. The number of carbonyl (C=O) groups excluding carboxylic acids is 1. The molecule has 1 fully saturated rings. The largest absolute Gasteiger partial charge is 0.477 e. The maximum Gasteiger partial charge on any atom is 0.268 e. The molecule has 4 nitrogen and oxygen atoms in total. The lowest BCUT2D eigenvalue weighted by Gasteiger charge is -2.59. The van der Waals surface area contributed by atoms with E-state index in [4.69, 9.17) is 27.9 Å². The predicted molar refractivity (Wildman–Crippen MR) is 134 cm³/mol. The number of nitrogens with zero attached hydrogens (tertiary/aromatic N) is 2. The molecule has 2 aliphatic rings. The highest BCUT2D eigenvalue weighted by molar-refractivity contribution is 6.18. The number of halogens is 2. The molecule has 2 heterocycles. The van der Waals surface area contributed by atoms with E-state index in [2.05, 4.69) is 47.4 Å². The molecule has 0 aliphatic carbocycles. The van der Waals surface area contributed by atoms with E-state index in [9.17, 15) is 4.79 Å². The van der Waals surface area contributed by atoms with Gasteiger partial charge in [0.1, 0.15) is 11.3 Å². The molecule has 0 aromatic heterocycles. The van der Waals surface area contributed by atoms with E-state index in [1.807, 2.05) is 41.3 Å². The maximum atomic E-state index is 13.3. The van der Waals surface area contributed by atoms with Crippen molar-refractivity contribution in [1.29, 1.82) is 0 Å². The van der Waals surface area contributed by atoms with E-state index in [0.717, 1.165) is 36.3 Å². The molecule has 1 saturated heterocycles. The quantitative estimate of drug-likeness (QED) is 0.333. The zero-order valence-electron chi connectivity index (χ0n) is 18.3. The van der Waals surface area contributed by atoms with Crippen LogP contribution < -0.4 is 9.64 Å². The molecule has 5 rings (SSSR count). The average molecular weight is 481 g/mol. The van der Waals surface area contributed by atoms with E-state index in [0.29, 0.717) is 24.1 Å². The lowest BCUT2D eigenvalue weighted by atomic mass is 9.66. The summed E-state index contributed by atoms with van der Waals surface area (Å²) < 4.78 is 6.37. The first-order valence-electron chi connectivity index (χ1n) is 11.3. The van der Waals surface area contributed by atoms with Crippen LogP contribution in [0, 0.1) is 0 Å². The summed E-state index contributed by atoms with van der Waals surface area (Å²) >= 11 is 12.0. The molecule has 2 aliphatic heterocycles. The van der Waals surface area contributed by atoms with Gasteiger partial charge in [0.05, 0.1) is 0 Å². The number of amides is 1. The lowest BCUT2D eigenvalue weighted by Crippen LogP contribution is -2.76. The minimum Gasteiger partial charge on any atom is -0.477 e. The van der Waals surface area contributed by atoms with Crippen molar-refractivity contribution in [1.82, 2.24) is 4.90 Å². The molecule has 0 saturated carbocycles. The first-order valence-corrected chi connectivity index (χ1v) is 12.4. The number of fused-ring (bicyclic) bond motifs is 3. The summed E-state index contributed by atoms with van der Waals surface area (Å²) in [5.74, 6) is 1.80. The molecule has 170 valence electrons. The number of para-hydroxylation sites is 1. The third-order valence-corrected chi connectivity index (χ3v) is 7.04. The van der Waals surface area contributed by atoms with E-state index < -0.39 is 11.6 Å². The van der Waals surface area contributed by atoms with Gasteiger partial charge in [0, 0.05) is 37.1 Å². The third-order valence-electron chi connectivity index (χ3n) is 6.71. The monoisotopic (exact) mass is 480 g/mol. The lowest BCUT2D eigenvalue weighted by molar-refractivity contribution is -0.178. The number of hydrogen-bond donors (Lipinski definition) is 0. The molecule has 1 amide bonds. The van der Waals surface area contributed by atoms with Crippen molar-refractivity contribution >= 4 is 34.8 Å². The molecule has 0 N–H and O–H groups in total. The van der Waals surface area contributed by atoms with E-state index in [1.54, 1.807) is 0 Å². The second-order valence-electron chi connectivity index (χ2n) is 8.39. The van der Waals surface area contributed by atoms with Crippen molar-refractivity contribution in [2.75, 3.05) is 36.3 Å². The van der Waals surface area contributed by atoms with Crippen molar-refractivity contribution in [2.45, 2.75) is 18.1 Å². The van der Waals surface area contributed by atoms with Gasteiger partial charge >= 0.3 is 0 Å². The van der Waals surface area contributed by atoms with Crippen molar-refractivity contribution < 1.29 is 9.53 Å². The van der Waals surface area contributed by atoms with Crippen LogP contribution in [-0.4, -0.2) is 48.3 Å². The number of hydrogen-bond acceptors (Lipinski definition) is 3. The number of ether oxygens (including phenoxy) is 1. The number of carbonyl (C=O) groups is 1. The van der Waals surface area contributed by atoms with Crippen molar-refractivity contribution in [2.24, 2.45) is 0 Å². The Morgan fingerprint density at radius 3 is 2.27 bits per heavy atom. The molecule has 2 atom stereocenters. The molecular formula is C27H26Cl2N2O2. The van der Waals surface area contributed by atoms with E-state index in [1.165, 1.54) is 5.56 Å². The Labute approximate surface area is 204 Å². The van der Waals surface area contributed by atoms with Crippen LogP contribution in [0.15, 0.2) is 78.9 Å². The summed E-state index contributed by atoms with van der Waals surface area (Å²) in [6, 6.07) is 26.4. The van der Waals surface area contributed by atoms with Gasteiger partial charge in [-0.25, -0.2) is 0 Å². The molecule has 2 unspecified atom stereocenters. The summed E-state index contributed by atoms with van der Waals surface area (Å²) in [6.07, 6.45) is 0.230. The maximum absolute atomic E-state index is 13.3. The Balaban J connectivity index is 1.59. The molecule has 0 spiro atoms. The summed E-state index contributed by atoms with van der Waals surface area (Å²) in [7, 11) is 0. The fourth-order valence-electron chi connectivity index (χ4n) is 5.22. The highest BCUT2D eigenvalue weighted by atomic mass is 35.5. The highest BCUT2D eigenvalue weighted by Crippen LogP contribution is 2.52. The fraction of sp³-hybridized carbons (Fsp3) is 0.296. The van der Waals surface area contributed by atoms with Crippen molar-refractivity contribution in [3.8, 4) is 5.75 Å². The fourth-order valence-corrected chi connectivity index (χ4v) is 5.63. The van der Waals surface area contributed by atoms with Gasteiger partial charge in [-0.2, -0.15) is 0 Å². The van der Waals surface area contributed by atoms with Crippen LogP contribution in [0.1, 0.15) is 16.7 Å². The Bertz CT molecular complexity index is 1120. The van der Waals surface area contributed by atoms with Gasteiger partial charge < -0.3 is 14.5 Å². The summed E-state index contributed by atoms with van der Waals surface area (Å²) in [5.41, 5.74) is 3.87. The first-order chi connectivity index (χ1) is 16.2. The third kappa shape index (κ3) is 3.66. The normalized spacial score (nSPS) is 21.1. The number of β-lactam (4-membered cyclic amide) rings is 1. The summed E-state index contributed by atoms with van der Waals surface area (Å²) in [5, 5.41) is 0.